The standard InChI is InChI=1S/C13H17N/c1-10-7-8-12(9-13(10)14)11-5-3-2-4-6-11/h3,5-10,13H,2,4,14H2,1H3. The molecule has 2 rings (SSSR count). The molecule has 0 aliphatic heterocycles. The minimum absolute atomic E-state index is 0.172. The minimum atomic E-state index is 0.172. The summed E-state index contributed by atoms with van der Waals surface area (Å²) in [5.74, 6) is 0.465. The van der Waals surface area contributed by atoms with Crippen molar-refractivity contribution in [1.29, 1.82) is 0 Å². The van der Waals surface area contributed by atoms with Gasteiger partial charge in [0, 0.05) is 6.04 Å². The Morgan fingerprint density at radius 3 is 2.71 bits per heavy atom. The number of hydrogen-bond donors (Lipinski definition) is 1. The van der Waals surface area contributed by atoms with Gasteiger partial charge in [0.1, 0.15) is 0 Å². The Hall–Kier alpha value is -1.08. The molecular weight excluding hydrogens is 170 g/mol. The Morgan fingerprint density at radius 2 is 2.07 bits per heavy atom. The summed E-state index contributed by atoms with van der Waals surface area (Å²) in [6.45, 7) is 2.15. The van der Waals surface area contributed by atoms with Crippen molar-refractivity contribution >= 4 is 0 Å². The van der Waals surface area contributed by atoms with E-state index in [1.54, 1.807) is 0 Å². The van der Waals surface area contributed by atoms with Crippen LogP contribution >= 0.6 is 0 Å². The highest BCUT2D eigenvalue weighted by Gasteiger charge is 2.13. The van der Waals surface area contributed by atoms with E-state index in [-0.39, 0.29) is 6.04 Å². The van der Waals surface area contributed by atoms with Gasteiger partial charge >= 0.3 is 0 Å². The number of rotatable bonds is 1. The van der Waals surface area contributed by atoms with Gasteiger partial charge < -0.3 is 5.73 Å². The molecule has 2 aliphatic carbocycles. The average Bonchev–Trinajstić information content (AvgIpc) is 2.23. The summed E-state index contributed by atoms with van der Waals surface area (Å²) in [6.07, 6.45) is 15.6. The van der Waals surface area contributed by atoms with Gasteiger partial charge in [-0.1, -0.05) is 43.4 Å². The summed E-state index contributed by atoms with van der Waals surface area (Å²) in [6, 6.07) is 0.172. The second kappa shape index (κ2) is 3.97. The molecule has 2 N–H and O–H groups in total. The molecule has 0 heterocycles. The zero-order valence-electron chi connectivity index (χ0n) is 8.61. The van der Waals surface area contributed by atoms with Gasteiger partial charge in [0.2, 0.25) is 0 Å². The first-order chi connectivity index (χ1) is 6.77. The Labute approximate surface area is 85.7 Å². The summed E-state index contributed by atoms with van der Waals surface area (Å²) in [5.41, 5.74) is 8.61. The third-order valence-electron chi connectivity index (χ3n) is 2.89. The molecule has 0 aromatic carbocycles. The van der Waals surface area contributed by atoms with Gasteiger partial charge in [-0.05, 0) is 29.9 Å². The van der Waals surface area contributed by atoms with Crippen molar-refractivity contribution in [3.8, 4) is 0 Å². The highest BCUT2D eigenvalue weighted by molar-refractivity contribution is 5.49. The zero-order valence-corrected chi connectivity index (χ0v) is 8.61. The molecule has 2 unspecified atom stereocenters. The number of allylic oxidation sites excluding steroid dienone is 6. The first kappa shape index (κ1) is 9.47. The molecule has 0 bridgehead atoms. The van der Waals surface area contributed by atoms with Gasteiger partial charge in [-0.3, -0.25) is 0 Å². The van der Waals surface area contributed by atoms with Crippen LogP contribution in [-0.2, 0) is 0 Å². The van der Waals surface area contributed by atoms with Crippen LogP contribution in [0.5, 0.6) is 0 Å². The summed E-state index contributed by atoms with van der Waals surface area (Å²) in [4.78, 5) is 0. The molecule has 0 aromatic heterocycles. The fourth-order valence-corrected chi connectivity index (χ4v) is 1.82. The van der Waals surface area contributed by atoms with Gasteiger partial charge in [0.25, 0.3) is 0 Å². The highest BCUT2D eigenvalue weighted by atomic mass is 14.6. The van der Waals surface area contributed by atoms with Crippen LogP contribution in [0.25, 0.3) is 0 Å². The lowest BCUT2D eigenvalue weighted by Crippen LogP contribution is -2.26. The molecule has 0 spiro atoms. The molecule has 1 heteroatoms. The van der Waals surface area contributed by atoms with Crippen LogP contribution in [0.3, 0.4) is 0 Å². The molecular formula is C13H17N. The van der Waals surface area contributed by atoms with Gasteiger partial charge in [0.15, 0.2) is 0 Å². The van der Waals surface area contributed by atoms with Crippen molar-refractivity contribution in [2.24, 2.45) is 11.7 Å². The lowest BCUT2D eigenvalue weighted by molar-refractivity contribution is 0.621. The molecule has 74 valence electrons. The van der Waals surface area contributed by atoms with Crippen LogP contribution in [-0.4, -0.2) is 6.04 Å². The predicted octanol–water partition coefficient (Wildman–Crippen LogP) is 2.72. The average molecular weight is 187 g/mol. The maximum Gasteiger partial charge on any atom is 0.0294 e. The molecule has 2 aliphatic rings. The van der Waals surface area contributed by atoms with Crippen molar-refractivity contribution in [1.82, 2.24) is 0 Å². The van der Waals surface area contributed by atoms with Gasteiger partial charge in [-0.15, -0.1) is 0 Å². The molecule has 0 saturated carbocycles. The van der Waals surface area contributed by atoms with Crippen LogP contribution in [0.15, 0.2) is 47.6 Å². The van der Waals surface area contributed by atoms with Gasteiger partial charge in [0.05, 0.1) is 0 Å². The van der Waals surface area contributed by atoms with E-state index in [2.05, 4.69) is 43.4 Å². The highest BCUT2D eigenvalue weighted by Crippen LogP contribution is 2.24. The van der Waals surface area contributed by atoms with Gasteiger partial charge in [-0.2, -0.15) is 0 Å². The van der Waals surface area contributed by atoms with Crippen LogP contribution < -0.4 is 5.73 Å². The van der Waals surface area contributed by atoms with E-state index in [0.29, 0.717) is 5.92 Å². The van der Waals surface area contributed by atoms with E-state index in [9.17, 15) is 0 Å². The number of hydrogen-bond acceptors (Lipinski definition) is 1. The Kier molecular flexibility index (Phi) is 2.69. The van der Waals surface area contributed by atoms with E-state index in [1.165, 1.54) is 17.6 Å². The SMILES string of the molecule is CC1C=CC(C2=CCCC=C2)=CC1N. The first-order valence-electron chi connectivity index (χ1n) is 5.30. The quantitative estimate of drug-likeness (QED) is 0.671. The Balaban J connectivity index is 2.20. The molecule has 0 radical (unpaired) electrons. The second-order valence-corrected chi connectivity index (χ2v) is 4.06. The maximum atomic E-state index is 6.00. The summed E-state index contributed by atoms with van der Waals surface area (Å²) in [5, 5.41) is 0. The fraction of sp³-hybridized carbons (Fsp3) is 0.385. The molecule has 14 heavy (non-hydrogen) atoms. The summed E-state index contributed by atoms with van der Waals surface area (Å²) >= 11 is 0. The normalized spacial score (nSPS) is 31.3. The summed E-state index contributed by atoms with van der Waals surface area (Å²) < 4.78 is 0. The molecule has 0 fully saturated rings. The summed E-state index contributed by atoms with van der Waals surface area (Å²) in [7, 11) is 0. The third kappa shape index (κ3) is 1.88. The van der Waals surface area contributed by atoms with E-state index < -0.39 is 0 Å². The van der Waals surface area contributed by atoms with E-state index in [4.69, 9.17) is 5.73 Å². The molecule has 0 aromatic rings. The van der Waals surface area contributed by atoms with E-state index >= 15 is 0 Å². The second-order valence-electron chi connectivity index (χ2n) is 4.06. The van der Waals surface area contributed by atoms with E-state index in [0.717, 1.165) is 6.42 Å². The van der Waals surface area contributed by atoms with Crippen LogP contribution in [0, 0.1) is 5.92 Å². The smallest absolute Gasteiger partial charge is 0.0294 e. The Bertz CT molecular complexity index is 331. The van der Waals surface area contributed by atoms with Crippen molar-refractivity contribution in [3.63, 3.8) is 0 Å². The lowest BCUT2D eigenvalue weighted by atomic mass is 9.89. The van der Waals surface area contributed by atoms with Crippen molar-refractivity contribution in [2.75, 3.05) is 0 Å². The zero-order chi connectivity index (χ0) is 9.97. The van der Waals surface area contributed by atoms with Crippen molar-refractivity contribution in [2.45, 2.75) is 25.8 Å². The predicted molar refractivity (Wildman–Crippen MR) is 60.8 cm³/mol. The third-order valence-corrected chi connectivity index (χ3v) is 2.89. The van der Waals surface area contributed by atoms with Crippen LogP contribution in [0.2, 0.25) is 0 Å². The van der Waals surface area contributed by atoms with E-state index in [1.807, 2.05) is 0 Å². The number of nitrogens with two attached hydrogens (primary N) is 1. The van der Waals surface area contributed by atoms with Gasteiger partial charge in [-0.25, -0.2) is 0 Å². The molecule has 1 nitrogen and oxygen atoms in total. The molecule has 0 amide bonds. The van der Waals surface area contributed by atoms with Crippen molar-refractivity contribution < 1.29 is 0 Å². The Morgan fingerprint density at radius 1 is 1.21 bits per heavy atom. The maximum absolute atomic E-state index is 6.00. The minimum Gasteiger partial charge on any atom is -0.324 e. The fourth-order valence-electron chi connectivity index (χ4n) is 1.82. The molecule has 0 saturated heterocycles. The monoisotopic (exact) mass is 187 g/mol. The van der Waals surface area contributed by atoms with Crippen LogP contribution in [0.4, 0.5) is 0 Å². The largest absolute Gasteiger partial charge is 0.324 e. The lowest BCUT2D eigenvalue weighted by Gasteiger charge is -2.20. The van der Waals surface area contributed by atoms with Crippen LogP contribution in [0.1, 0.15) is 19.8 Å². The topological polar surface area (TPSA) is 26.0 Å². The first-order valence-corrected chi connectivity index (χ1v) is 5.30. The molecule has 2 atom stereocenters. The van der Waals surface area contributed by atoms with Crippen molar-refractivity contribution in [3.05, 3.63) is 47.6 Å².